The molecule has 0 aliphatic rings. The van der Waals surface area contributed by atoms with E-state index in [9.17, 15) is 30.3 Å². The van der Waals surface area contributed by atoms with Crippen LogP contribution in [0.15, 0.2) is 24.3 Å². The van der Waals surface area contributed by atoms with E-state index in [1.165, 1.54) is 31.2 Å². The number of nitro benzene ring substituents is 1. The number of nitro groups is 3. The van der Waals surface area contributed by atoms with Crippen LogP contribution < -0.4 is 0 Å². The van der Waals surface area contributed by atoms with Gasteiger partial charge in [-0.05, 0) is 5.56 Å². The fraction of sp³-hybridized carbons (Fsp3) is 0.400. The Hall–Kier alpha value is -2.58. The Morgan fingerprint density at radius 1 is 1.05 bits per heavy atom. The van der Waals surface area contributed by atoms with Crippen molar-refractivity contribution in [1.29, 1.82) is 0 Å². The number of hydrogen-bond acceptors (Lipinski definition) is 6. The van der Waals surface area contributed by atoms with E-state index in [2.05, 4.69) is 0 Å². The zero-order chi connectivity index (χ0) is 14.6. The van der Waals surface area contributed by atoms with Crippen molar-refractivity contribution < 1.29 is 14.8 Å². The summed E-state index contributed by atoms with van der Waals surface area (Å²) in [6, 6.07) is 3.83. The Morgan fingerprint density at radius 3 is 1.95 bits per heavy atom. The Kier molecular flexibility index (Phi) is 4.46. The topological polar surface area (TPSA) is 129 Å². The second-order valence-corrected chi connectivity index (χ2v) is 4.00. The summed E-state index contributed by atoms with van der Waals surface area (Å²) in [5, 5.41) is 31.8. The molecule has 9 nitrogen and oxygen atoms in total. The van der Waals surface area contributed by atoms with Crippen LogP contribution in [0.4, 0.5) is 5.69 Å². The minimum Gasteiger partial charge on any atom is -0.265 e. The molecule has 0 fully saturated rings. The maximum absolute atomic E-state index is 10.7. The number of nitrogens with zero attached hydrogens (tertiary/aromatic N) is 3. The highest BCUT2D eigenvalue weighted by Gasteiger charge is 2.32. The first-order chi connectivity index (χ1) is 8.82. The third-order valence-electron chi connectivity index (χ3n) is 2.79. The molecule has 0 spiro atoms. The summed E-state index contributed by atoms with van der Waals surface area (Å²) >= 11 is 0. The van der Waals surface area contributed by atoms with E-state index in [4.69, 9.17) is 0 Å². The lowest BCUT2D eigenvalue weighted by atomic mass is 9.92. The van der Waals surface area contributed by atoms with E-state index in [1.54, 1.807) is 0 Å². The Bertz CT molecular complexity index is 500. The number of benzene rings is 1. The van der Waals surface area contributed by atoms with Gasteiger partial charge in [-0.25, -0.2) is 0 Å². The molecule has 0 unspecified atom stereocenters. The summed E-state index contributed by atoms with van der Waals surface area (Å²) in [6.45, 7) is 0.676. The molecule has 0 aliphatic carbocycles. The van der Waals surface area contributed by atoms with Crippen LogP contribution in [0, 0.1) is 30.3 Å². The first-order valence-electron chi connectivity index (χ1n) is 5.32. The average Bonchev–Trinajstić information content (AvgIpc) is 2.35. The van der Waals surface area contributed by atoms with Gasteiger partial charge in [-0.2, -0.15) is 0 Å². The Morgan fingerprint density at radius 2 is 1.58 bits per heavy atom. The fourth-order valence-electron chi connectivity index (χ4n) is 1.69. The SMILES string of the molecule is C[C@@H]([C@H](C[N+](=O)[O-])c1ccc([N+](=O)[O-])cc1)[N+](=O)[O-]. The van der Waals surface area contributed by atoms with Crippen LogP contribution in [0.1, 0.15) is 18.4 Å². The zero-order valence-electron chi connectivity index (χ0n) is 9.96. The van der Waals surface area contributed by atoms with Crippen molar-refractivity contribution in [2.24, 2.45) is 0 Å². The number of non-ortho nitro benzene ring substituents is 1. The third-order valence-corrected chi connectivity index (χ3v) is 2.79. The van der Waals surface area contributed by atoms with E-state index in [-0.39, 0.29) is 5.69 Å². The molecule has 0 saturated heterocycles. The monoisotopic (exact) mass is 269 g/mol. The quantitative estimate of drug-likeness (QED) is 0.569. The molecule has 0 amide bonds. The lowest BCUT2D eigenvalue weighted by molar-refractivity contribution is -0.543. The lowest BCUT2D eigenvalue weighted by Crippen LogP contribution is -2.29. The summed E-state index contributed by atoms with van der Waals surface area (Å²) in [6.07, 6.45) is 0. The predicted molar refractivity (Wildman–Crippen MR) is 64.2 cm³/mol. The molecule has 19 heavy (non-hydrogen) atoms. The third kappa shape index (κ3) is 3.69. The second kappa shape index (κ2) is 5.85. The molecule has 0 heterocycles. The van der Waals surface area contributed by atoms with Crippen LogP contribution in [-0.2, 0) is 0 Å². The van der Waals surface area contributed by atoms with Gasteiger partial charge in [-0.15, -0.1) is 0 Å². The molecule has 9 heteroatoms. The maximum Gasteiger partial charge on any atom is 0.269 e. The smallest absolute Gasteiger partial charge is 0.265 e. The molecule has 0 radical (unpaired) electrons. The molecular formula is C10H11N3O6. The summed E-state index contributed by atoms with van der Waals surface area (Å²) in [5.41, 5.74) is 0.170. The van der Waals surface area contributed by atoms with E-state index in [1.807, 2.05) is 0 Å². The highest BCUT2D eigenvalue weighted by atomic mass is 16.6. The molecule has 0 saturated carbocycles. The highest BCUT2D eigenvalue weighted by molar-refractivity contribution is 5.34. The molecule has 0 N–H and O–H groups in total. The molecule has 102 valence electrons. The van der Waals surface area contributed by atoms with Gasteiger partial charge in [0.1, 0.15) is 5.92 Å². The van der Waals surface area contributed by atoms with Crippen LogP contribution in [0.5, 0.6) is 0 Å². The summed E-state index contributed by atoms with van der Waals surface area (Å²) in [7, 11) is 0. The minimum atomic E-state index is -1.15. The lowest BCUT2D eigenvalue weighted by Gasteiger charge is -2.14. The Balaban J connectivity index is 3.06. The largest absolute Gasteiger partial charge is 0.269 e. The first-order valence-corrected chi connectivity index (χ1v) is 5.32. The standard InChI is InChI=1S/C10H11N3O6/c1-7(12(16)17)10(6-11(14)15)8-2-4-9(5-3-8)13(18)19/h2-5,7,10H,6H2,1H3/t7-,10-/m0/s1. The van der Waals surface area contributed by atoms with Crippen LogP contribution in [0.25, 0.3) is 0 Å². The zero-order valence-corrected chi connectivity index (χ0v) is 9.96. The van der Waals surface area contributed by atoms with E-state index < -0.39 is 33.3 Å². The van der Waals surface area contributed by atoms with Crippen molar-refractivity contribution in [3.63, 3.8) is 0 Å². The highest BCUT2D eigenvalue weighted by Crippen LogP contribution is 2.24. The minimum absolute atomic E-state index is 0.169. The summed E-state index contributed by atoms with van der Waals surface area (Å²) < 4.78 is 0. The van der Waals surface area contributed by atoms with Gasteiger partial charge in [0, 0.05) is 28.9 Å². The molecule has 0 aliphatic heterocycles. The first kappa shape index (κ1) is 14.5. The number of rotatable bonds is 6. The molecule has 0 aromatic heterocycles. The van der Waals surface area contributed by atoms with Crippen molar-refractivity contribution >= 4 is 5.69 Å². The van der Waals surface area contributed by atoms with Crippen LogP contribution >= 0.6 is 0 Å². The van der Waals surface area contributed by atoms with E-state index >= 15 is 0 Å². The molecule has 0 bridgehead atoms. The van der Waals surface area contributed by atoms with Crippen LogP contribution in [-0.4, -0.2) is 27.4 Å². The van der Waals surface area contributed by atoms with Gasteiger partial charge in [0.25, 0.3) is 5.69 Å². The molecule has 1 aromatic rings. The summed E-state index contributed by atoms with van der Waals surface area (Å²) in [5.74, 6) is -0.925. The van der Waals surface area contributed by atoms with Gasteiger partial charge in [-0.1, -0.05) is 12.1 Å². The average molecular weight is 269 g/mol. The fourth-order valence-corrected chi connectivity index (χ4v) is 1.69. The van der Waals surface area contributed by atoms with Crippen molar-refractivity contribution in [2.45, 2.75) is 18.9 Å². The van der Waals surface area contributed by atoms with Gasteiger partial charge in [0.15, 0.2) is 0 Å². The van der Waals surface area contributed by atoms with Crippen molar-refractivity contribution in [3.05, 3.63) is 60.2 Å². The van der Waals surface area contributed by atoms with E-state index in [0.29, 0.717) is 5.56 Å². The van der Waals surface area contributed by atoms with Gasteiger partial charge in [-0.3, -0.25) is 30.3 Å². The van der Waals surface area contributed by atoms with Crippen LogP contribution in [0.2, 0.25) is 0 Å². The summed E-state index contributed by atoms with van der Waals surface area (Å²) in [4.78, 5) is 30.0. The number of hydrogen-bond donors (Lipinski definition) is 0. The van der Waals surface area contributed by atoms with E-state index in [0.717, 1.165) is 0 Å². The van der Waals surface area contributed by atoms with Gasteiger partial charge >= 0.3 is 0 Å². The maximum atomic E-state index is 10.7. The van der Waals surface area contributed by atoms with Gasteiger partial charge in [0.05, 0.1) is 4.92 Å². The molecule has 1 rings (SSSR count). The van der Waals surface area contributed by atoms with Crippen molar-refractivity contribution in [3.8, 4) is 0 Å². The van der Waals surface area contributed by atoms with Crippen LogP contribution in [0.3, 0.4) is 0 Å². The molecule has 2 atom stereocenters. The molecular weight excluding hydrogens is 258 g/mol. The Labute approximate surface area is 107 Å². The van der Waals surface area contributed by atoms with Gasteiger partial charge in [0.2, 0.25) is 12.6 Å². The normalized spacial score (nSPS) is 13.5. The molecule has 1 aromatic carbocycles. The predicted octanol–water partition coefficient (Wildman–Crippen LogP) is 1.62. The second-order valence-electron chi connectivity index (χ2n) is 4.00. The van der Waals surface area contributed by atoms with Gasteiger partial charge < -0.3 is 0 Å². The van der Waals surface area contributed by atoms with Crippen molar-refractivity contribution in [2.75, 3.05) is 6.54 Å². The van der Waals surface area contributed by atoms with Crippen molar-refractivity contribution in [1.82, 2.24) is 0 Å².